The van der Waals surface area contributed by atoms with E-state index < -0.39 is 0 Å². The molecule has 3 nitrogen and oxygen atoms in total. The molecule has 1 aromatic carbocycles. The summed E-state index contributed by atoms with van der Waals surface area (Å²) in [5.41, 5.74) is 4.09. The molecular formula is C15H19ClN2O. The molecule has 0 N–H and O–H groups in total. The topological polar surface area (TPSA) is 27.1 Å². The molecule has 0 saturated heterocycles. The van der Waals surface area contributed by atoms with Gasteiger partial charge >= 0.3 is 0 Å². The van der Waals surface area contributed by atoms with Crippen LogP contribution in [0.5, 0.6) is 0 Å². The molecule has 0 unspecified atom stereocenters. The van der Waals surface area contributed by atoms with Gasteiger partial charge in [0.15, 0.2) is 0 Å². The molecular weight excluding hydrogens is 260 g/mol. The van der Waals surface area contributed by atoms with E-state index >= 15 is 0 Å². The first-order valence-corrected chi connectivity index (χ1v) is 6.75. The number of hydrogen-bond acceptors (Lipinski definition) is 2. The quantitative estimate of drug-likeness (QED) is 0.842. The minimum Gasteiger partial charge on any atom is -0.378 e. The fourth-order valence-electron chi connectivity index (χ4n) is 2.05. The van der Waals surface area contributed by atoms with E-state index in [1.807, 2.05) is 29.8 Å². The molecule has 0 atom stereocenters. The highest BCUT2D eigenvalue weighted by Crippen LogP contribution is 2.26. The van der Waals surface area contributed by atoms with E-state index in [-0.39, 0.29) is 0 Å². The average Bonchev–Trinajstić information content (AvgIpc) is 2.70. The SMILES string of the molecule is COCc1cc(C)n(-c2ccc(C(C)C)cc2Cl)n1. The van der Waals surface area contributed by atoms with Crippen LogP contribution >= 0.6 is 11.6 Å². The third-order valence-corrected chi connectivity index (χ3v) is 3.40. The molecule has 0 amide bonds. The third kappa shape index (κ3) is 2.99. The molecule has 1 heterocycles. The van der Waals surface area contributed by atoms with Crippen molar-refractivity contribution in [3.8, 4) is 5.69 Å². The average molecular weight is 279 g/mol. The Morgan fingerprint density at radius 2 is 2.05 bits per heavy atom. The first-order valence-electron chi connectivity index (χ1n) is 6.37. The molecule has 0 aliphatic heterocycles. The number of aryl methyl sites for hydroxylation is 1. The molecule has 0 spiro atoms. The van der Waals surface area contributed by atoms with E-state index in [1.165, 1.54) is 5.56 Å². The van der Waals surface area contributed by atoms with Crippen molar-refractivity contribution in [2.75, 3.05) is 7.11 Å². The Hall–Kier alpha value is -1.32. The summed E-state index contributed by atoms with van der Waals surface area (Å²) >= 11 is 6.37. The lowest BCUT2D eigenvalue weighted by Crippen LogP contribution is -2.01. The molecule has 0 fully saturated rings. The van der Waals surface area contributed by atoms with Gasteiger partial charge in [-0.3, -0.25) is 0 Å². The van der Waals surface area contributed by atoms with Crippen LogP contribution in [0.3, 0.4) is 0 Å². The number of hydrogen-bond donors (Lipinski definition) is 0. The molecule has 2 rings (SSSR count). The van der Waals surface area contributed by atoms with Crippen LogP contribution in [0.15, 0.2) is 24.3 Å². The summed E-state index contributed by atoms with van der Waals surface area (Å²) in [5, 5.41) is 5.24. The minimum atomic E-state index is 0.467. The van der Waals surface area contributed by atoms with Crippen LogP contribution in [-0.2, 0) is 11.3 Å². The van der Waals surface area contributed by atoms with Gasteiger partial charge in [0.25, 0.3) is 0 Å². The van der Waals surface area contributed by atoms with E-state index in [0.717, 1.165) is 22.1 Å². The second-order valence-corrected chi connectivity index (χ2v) is 5.39. The standard InChI is InChI=1S/C15H19ClN2O/c1-10(2)12-5-6-15(14(16)8-12)18-11(3)7-13(17-18)9-19-4/h5-8,10H,9H2,1-4H3. The van der Waals surface area contributed by atoms with E-state index in [2.05, 4.69) is 25.0 Å². The Morgan fingerprint density at radius 1 is 1.32 bits per heavy atom. The Kier molecular flexibility index (Phi) is 4.27. The van der Waals surface area contributed by atoms with Crippen LogP contribution in [0.4, 0.5) is 0 Å². The van der Waals surface area contributed by atoms with Crippen molar-refractivity contribution in [1.29, 1.82) is 0 Å². The van der Waals surface area contributed by atoms with Crippen molar-refractivity contribution < 1.29 is 4.74 Å². The number of ether oxygens (including phenoxy) is 1. The van der Waals surface area contributed by atoms with Crippen molar-refractivity contribution in [2.24, 2.45) is 0 Å². The first kappa shape index (κ1) is 14.1. The van der Waals surface area contributed by atoms with E-state index in [9.17, 15) is 0 Å². The van der Waals surface area contributed by atoms with Gasteiger partial charge in [-0.25, -0.2) is 4.68 Å². The van der Waals surface area contributed by atoms with Gasteiger partial charge in [-0.2, -0.15) is 5.10 Å². The molecule has 0 radical (unpaired) electrons. The molecule has 19 heavy (non-hydrogen) atoms. The van der Waals surface area contributed by atoms with Crippen molar-refractivity contribution in [3.05, 3.63) is 46.2 Å². The molecule has 0 bridgehead atoms. The summed E-state index contributed by atoms with van der Waals surface area (Å²) in [4.78, 5) is 0. The lowest BCUT2D eigenvalue weighted by Gasteiger charge is -2.11. The van der Waals surface area contributed by atoms with Crippen LogP contribution < -0.4 is 0 Å². The Balaban J connectivity index is 2.41. The van der Waals surface area contributed by atoms with Gasteiger partial charge in [0, 0.05) is 12.8 Å². The van der Waals surface area contributed by atoms with Gasteiger partial charge in [0.05, 0.1) is 23.0 Å². The highest BCUT2D eigenvalue weighted by molar-refractivity contribution is 6.32. The fourth-order valence-corrected chi connectivity index (χ4v) is 2.32. The van der Waals surface area contributed by atoms with E-state index in [1.54, 1.807) is 7.11 Å². The molecule has 4 heteroatoms. The highest BCUT2D eigenvalue weighted by Gasteiger charge is 2.11. The van der Waals surface area contributed by atoms with Crippen molar-refractivity contribution in [3.63, 3.8) is 0 Å². The summed E-state index contributed by atoms with van der Waals surface area (Å²) < 4.78 is 6.97. The van der Waals surface area contributed by atoms with Crippen LogP contribution in [0, 0.1) is 6.92 Å². The maximum Gasteiger partial charge on any atom is 0.0902 e. The normalized spacial score (nSPS) is 11.3. The van der Waals surface area contributed by atoms with Crippen LogP contribution in [0.1, 0.15) is 36.7 Å². The van der Waals surface area contributed by atoms with Crippen molar-refractivity contribution in [2.45, 2.75) is 33.3 Å². The number of nitrogens with zero attached hydrogens (tertiary/aromatic N) is 2. The molecule has 102 valence electrons. The zero-order valence-electron chi connectivity index (χ0n) is 11.8. The zero-order chi connectivity index (χ0) is 14.0. The van der Waals surface area contributed by atoms with Gasteiger partial charge in [0.2, 0.25) is 0 Å². The minimum absolute atomic E-state index is 0.467. The lowest BCUT2D eigenvalue weighted by molar-refractivity contribution is 0.181. The monoisotopic (exact) mass is 278 g/mol. The Morgan fingerprint density at radius 3 is 2.63 bits per heavy atom. The largest absolute Gasteiger partial charge is 0.378 e. The number of benzene rings is 1. The molecule has 0 aliphatic rings. The number of aromatic nitrogens is 2. The summed E-state index contributed by atoms with van der Waals surface area (Å²) in [6, 6.07) is 8.14. The van der Waals surface area contributed by atoms with Crippen LogP contribution in [-0.4, -0.2) is 16.9 Å². The van der Waals surface area contributed by atoms with E-state index in [4.69, 9.17) is 16.3 Å². The van der Waals surface area contributed by atoms with Gasteiger partial charge in [-0.1, -0.05) is 31.5 Å². The van der Waals surface area contributed by atoms with Crippen molar-refractivity contribution >= 4 is 11.6 Å². The van der Waals surface area contributed by atoms with Crippen molar-refractivity contribution in [1.82, 2.24) is 9.78 Å². The molecule has 0 saturated carbocycles. The van der Waals surface area contributed by atoms with Gasteiger partial charge in [-0.15, -0.1) is 0 Å². The predicted molar refractivity (Wildman–Crippen MR) is 78.1 cm³/mol. The number of methoxy groups -OCH3 is 1. The van der Waals surface area contributed by atoms with Gasteiger partial charge in [-0.05, 0) is 36.6 Å². The third-order valence-electron chi connectivity index (χ3n) is 3.10. The lowest BCUT2D eigenvalue weighted by atomic mass is 10.0. The zero-order valence-corrected chi connectivity index (χ0v) is 12.5. The molecule has 1 aromatic heterocycles. The van der Waals surface area contributed by atoms with E-state index in [0.29, 0.717) is 12.5 Å². The second-order valence-electron chi connectivity index (χ2n) is 4.99. The predicted octanol–water partition coefficient (Wildman–Crippen LogP) is 4.10. The first-order chi connectivity index (χ1) is 9.02. The summed E-state index contributed by atoms with van der Waals surface area (Å²) in [6.45, 7) is 6.83. The van der Waals surface area contributed by atoms with Gasteiger partial charge in [0.1, 0.15) is 0 Å². The summed E-state index contributed by atoms with van der Waals surface area (Å²) in [7, 11) is 1.67. The van der Waals surface area contributed by atoms with Gasteiger partial charge < -0.3 is 4.74 Å². The number of halogens is 1. The maximum absolute atomic E-state index is 6.37. The maximum atomic E-state index is 6.37. The smallest absolute Gasteiger partial charge is 0.0902 e. The summed E-state index contributed by atoms with van der Waals surface area (Å²) in [6.07, 6.45) is 0. The molecule has 2 aromatic rings. The Bertz CT molecular complexity index is 576. The Labute approximate surface area is 119 Å². The summed E-state index contributed by atoms with van der Waals surface area (Å²) in [5.74, 6) is 0.467. The van der Waals surface area contributed by atoms with Crippen LogP contribution in [0.2, 0.25) is 5.02 Å². The highest BCUT2D eigenvalue weighted by atomic mass is 35.5. The second kappa shape index (κ2) is 5.76. The molecule has 0 aliphatic carbocycles. The van der Waals surface area contributed by atoms with Crippen LogP contribution in [0.25, 0.3) is 5.69 Å². The number of rotatable bonds is 4. The fraction of sp³-hybridized carbons (Fsp3) is 0.400.